The molecule has 1 unspecified atom stereocenters. The summed E-state index contributed by atoms with van der Waals surface area (Å²) in [4.78, 5) is 0. The molecule has 4 heteroatoms. The third-order valence-electron chi connectivity index (χ3n) is 2.25. The molecule has 0 aliphatic heterocycles. The second-order valence-electron chi connectivity index (χ2n) is 3.42. The standard InChI is InChI=1S/C12H14BrF2N/c1-3-5-11(16-4-2)12-9(14)6-8(13)7-10(12)15/h3,6-7,11,16H,1,4-5H2,2H3. The minimum atomic E-state index is -0.542. The van der Waals surface area contributed by atoms with Gasteiger partial charge in [-0.05, 0) is 25.1 Å². The van der Waals surface area contributed by atoms with E-state index in [1.165, 1.54) is 12.1 Å². The normalized spacial score (nSPS) is 12.5. The van der Waals surface area contributed by atoms with Crippen LogP contribution in [0.2, 0.25) is 0 Å². The van der Waals surface area contributed by atoms with Crippen molar-refractivity contribution in [1.82, 2.24) is 5.32 Å². The number of benzene rings is 1. The highest BCUT2D eigenvalue weighted by Crippen LogP contribution is 2.26. The second-order valence-corrected chi connectivity index (χ2v) is 4.33. The predicted molar refractivity (Wildman–Crippen MR) is 65.3 cm³/mol. The van der Waals surface area contributed by atoms with Gasteiger partial charge in [0.15, 0.2) is 0 Å². The Hall–Kier alpha value is -0.740. The minimum absolute atomic E-state index is 0.0740. The molecule has 0 saturated carbocycles. The van der Waals surface area contributed by atoms with Gasteiger partial charge in [-0.15, -0.1) is 6.58 Å². The van der Waals surface area contributed by atoms with Crippen molar-refractivity contribution < 1.29 is 8.78 Å². The molecule has 1 atom stereocenters. The van der Waals surface area contributed by atoms with E-state index in [2.05, 4.69) is 27.8 Å². The van der Waals surface area contributed by atoms with Gasteiger partial charge in [-0.25, -0.2) is 8.78 Å². The highest BCUT2D eigenvalue weighted by Gasteiger charge is 2.18. The van der Waals surface area contributed by atoms with Gasteiger partial charge >= 0.3 is 0 Å². The fourth-order valence-electron chi connectivity index (χ4n) is 1.60. The average Bonchev–Trinajstić information content (AvgIpc) is 2.16. The van der Waals surface area contributed by atoms with Crippen LogP contribution < -0.4 is 5.32 Å². The van der Waals surface area contributed by atoms with Crippen LogP contribution in [0, 0.1) is 11.6 Å². The zero-order chi connectivity index (χ0) is 12.1. The number of halogens is 3. The maximum Gasteiger partial charge on any atom is 0.132 e. The summed E-state index contributed by atoms with van der Waals surface area (Å²) >= 11 is 3.05. The first kappa shape index (κ1) is 13.3. The monoisotopic (exact) mass is 289 g/mol. The summed E-state index contributed by atoms with van der Waals surface area (Å²) in [6.45, 7) is 6.13. The van der Waals surface area contributed by atoms with Gasteiger partial charge in [-0.3, -0.25) is 0 Å². The Balaban J connectivity index is 3.12. The Morgan fingerprint density at radius 1 is 1.44 bits per heavy atom. The van der Waals surface area contributed by atoms with Gasteiger partial charge in [0.25, 0.3) is 0 Å². The Labute approximate surface area is 103 Å². The van der Waals surface area contributed by atoms with Gasteiger partial charge in [-0.1, -0.05) is 28.9 Å². The number of nitrogens with one attached hydrogen (secondary N) is 1. The molecule has 0 saturated heterocycles. The van der Waals surface area contributed by atoms with Crippen LogP contribution in [0.5, 0.6) is 0 Å². The molecule has 0 spiro atoms. The molecular formula is C12H14BrF2N. The number of hydrogen-bond donors (Lipinski definition) is 1. The fourth-order valence-corrected chi connectivity index (χ4v) is 2.00. The second kappa shape index (κ2) is 6.11. The largest absolute Gasteiger partial charge is 0.310 e. The quantitative estimate of drug-likeness (QED) is 0.810. The lowest BCUT2D eigenvalue weighted by Crippen LogP contribution is -2.22. The first-order valence-corrected chi connectivity index (χ1v) is 5.88. The molecule has 0 amide bonds. The molecule has 88 valence electrons. The van der Waals surface area contributed by atoms with Crippen LogP contribution in [0.1, 0.15) is 24.9 Å². The molecule has 0 aliphatic carbocycles. The van der Waals surface area contributed by atoms with Gasteiger partial charge in [-0.2, -0.15) is 0 Å². The molecular weight excluding hydrogens is 276 g/mol. The first-order valence-electron chi connectivity index (χ1n) is 5.08. The molecule has 1 aromatic rings. The van der Waals surface area contributed by atoms with Crippen LogP contribution in [0.15, 0.2) is 29.3 Å². The van der Waals surface area contributed by atoms with Crippen molar-refractivity contribution in [3.05, 3.63) is 46.5 Å². The molecule has 1 rings (SSSR count). The lowest BCUT2D eigenvalue weighted by atomic mass is 10.0. The molecule has 0 fully saturated rings. The van der Waals surface area contributed by atoms with Gasteiger partial charge < -0.3 is 5.32 Å². The van der Waals surface area contributed by atoms with Crippen LogP contribution in [0.25, 0.3) is 0 Å². The highest BCUT2D eigenvalue weighted by molar-refractivity contribution is 9.10. The minimum Gasteiger partial charge on any atom is -0.310 e. The third kappa shape index (κ3) is 3.12. The molecule has 0 heterocycles. The molecule has 1 nitrogen and oxygen atoms in total. The Morgan fingerprint density at radius 3 is 2.44 bits per heavy atom. The van der Waals surface area contributed by atoms with Crippen molar-refractivity contribution in [2.45, 2.75) is 19.4 Å². The van der Waals surface area contributed by atoms with E-state index in [0.29, 0.717) is 17.4 Å². The van der Waals surface area contributed by atoms with Crippen LogP contribution >= 0.6 is 15.9 Å². The van der Waals surface area contributed by atoms with Gasteiger partial charge in [0.05, 0.1) is 0 Å². The van der Waals surface area contributed by atoms with Crippen LogP contribution in [-0.2, 0) is 0 Å². The summed E-state index contributed by atoms with van der Waals surface area (Å²) < 4.78 is 27.7. The number of rotatable bonds is 5. The topological polar surface area (TPSA) is 12.0 Å². The molecule has 16 heavy (non-hydrogen) atoms. The van der Waals surface area contributed by atoms with Crippen molar-refractivity contribution in [3.8, 4) is 0 Å². The molecule has 0 aliphatic rings. The van der Waals surface area contributed by atoms with Gasteiger partial charge in [0.1, 0.15) is 11.6 Å². The lowest BCUT2D eigenvalue weighted by Gasteiger charge is -2.18. The maximum atomic E-state index is 13.7. The molecule has 1 aromatic carbocycles. The molecule has 1 N–H and O–H groups in total. The first-order chi connectivity index (χ1) is 7.60. The van der Waals surface area contributed by atoms with E-state index < -0.39 is 11.6 Å². The smallest absolute Gasteiger partial charge is 0.132 e. The fraction of sp³-hybridized carbons (Fsp3) is 0.333. The number of hydrogen-bond acceptors (Lipinski definition) is 1. The average molecular weight is 290 g/mol. The van der Waals surface area contributed by atoms with E-state index in [4.69, 9.17) is 0 Å². The molecule has 0 bridgehead atoms. The summed E-state index contributed by atoms with van der Waals surface area (Å²) in [6, 6.07) is 2.17. The summed E-state index contributed by atoms with van der Waals surface area (Å²) in [5.74, 6) is -1.08. The van der Waals surface area contributed by atoms with E-state index in [1.54, 1.807) is 6.08 Å². The Kier molecular flexibility index (Phi) is 5.09. The van der Waals surface area contributed by atoms with Crippen molar-refractivity contribution in [3.63, 3.8) is 0 Å². The summed E-state index contributed by atoms with van der Waals surface area (Å²) in [5, 5.41) is 3.03. The van der Waals surface area contributed by atoms with E-state index in [9.17, 15) is 8.78 Å². The Morgan fingerprint density at radius 2 is 2.00 bits per heavy atom. The molecule has 0 radical (unpaired) electrons. The van der Waals surface area contributed by atoms with E-state index in [0.717, 1.165) is 0 Å². The van der Waals surface area contributed by atoms with Crippen molar-refractivity contribution >= 4 is 15.9 Å². The van der Waals surface area contributed by atoms with Gasteiger partial charge in [0, 0.05) is 16.1 Å². The van der Waals surface area contributed by atoms with E-state index in [-0.39, 0.29) is 11.6 Å². The van der Waals surface area contributed by atoms with Crippen molar-refractivity contribution in [2.75, 3.05) is 6.54 Å². The summed E-state index contributed by atoms with van der Waals surface area (Å²) in [7, 11) is 0. The summed E-state index contributed by atoms with van der Waals surface area (Å²) in [5.41, 5.74) is 0.0740. The van der Waals surface area contributed by atoms with E-state index in [1.807, 2.05) is 6.92 Å². The van der Waals surface area contributed by atoms with Crippen LogP contribution in [-0.4, -0.2) is 6.54 Å². The zero-order valence-electron chi connectivity index (χ0n) is 9.06. The van der Waals surface area contributed by atoms with E-state index >= 15 is 0 Å². The van der Waals surface area contributed by atoms with Crippen molar-refractivity contribution in [2.24, 2.45) is 0 Å². The SMILES string of the molecule is C=CCC(NCC)c1c(F)cc(Br)cc1F. The predicted octanol–water partition coefficient (Wildman–Crippen LogP) is 3.95. The molecule has 0 aromatic heterocycles. The van der Waals surface area contributed by atoms with Crippen LogP contribution in [0.4, 0.5) is 8.78 Å². The van der Waals surface area contributed by atoms with Gasteiger partial charge in [0.2, 0.25) is 0 Å². The summed E-state index contributed by atoms with van der Waals surface area (Å²) in [6.07, 6.45) is 2.14. The Bertz CT molecular complexity index is 356. The third-order valence-corrected chi connectivity index (χ3v) is 2.70. The lowest BCUT2D eigenvalue weighted by molar-refractivity contribution is 0.477. The van der Waals surface area contributed by atoms with Crippen molar-refractivity contribution in [1.29, 1.82) is 0 Å². The van der Waals surface area contributed by atoms with Crippen LogP contribution in [0.3, 0.4) is 0 Å². The maximum absolute atomic E-state index is 13.7. The zero-order valence-corrected chi connectivity index (χ0v) is 10.7. The highest BCUT2D eigenvalue weighted by atomic mass is 79.9.